The minimum Gasteiger partial charge on any atom is -0.311 e. The summed E-state index contributed by atoms with van der Waals surface area (Å²) in [7, 11) is 0. The average molecular weight is 198 g/mol. The van der Waals surface area contributed by atoms with Gasteiger partial charge in [-0.3, -0.25) is 0 Å². The standard InChI is InChI=1S/C12H26N2/c1-5-9(3)11-12(10(4)6-2)14-8-7-13-11/h9-14H,5-8H2,1-4H3. The molecule has 1 saturated heterocycles. The minimum absolute atomic E-state index is 0.670. The van der Waals surface area contributed by atoms with Gasteiger partial charge in [0.25, 0.3) is 0 Å². The van der Waals surface area contributed by atoms with Gasteiger partial charge in [0.15, 0.2) is 0 Å². The van der Waals surface area contributed by atoms with Crippen LogP contribution < -0.4 is 10.6 Å². The van der Waals surface area contributed by atoms with Crippen molar-refractivity contribution in [2.24, 2.45) is 11.8 Å². The Morgan fingerprint density at radius 1 is 0.929 bits per heavy atom. The van der Waals surface area contributed by atoms with Gasteiger partial charge in [0.2, 0.25) is 0 Å². The van der Waals surface area contributed by atoms with E-state index in [9.17, 15) is 0 Å². The molecule has 0 aromatic heterocycles. The fraction of sp³-hybridized carbons (Fsp3) is 1.00. The Hall–Kier alpha value is -0.0800. The highest BCUT2D eigenvalue weighted by atomic mass is 15.1. The Labute approximate surface area is 88.8 Å². The van der Waals surface area contributed by atoms with Crippen molar-refractivity contribution in [3.63, 3.8) is 0 Å². The molecule has 1 fully saturated rings. The molecule has 1 heterocycles. The Bertz CT molecular complexity index is 140. The Morgan fingerprint density at radius 2 is 1.29 bits per heavy atom. The number of rotatable bonds is 4. The lowest BCUT2D eigenvalue weighted by atomic mass is 9.83. The van der Waals surface area contributed by atoms with Crippen LogP contribution in [0.15, 0.2) is 0 Å². The van der Waals surface area contributed by atoms with Crippen molar-refractivity contribution in [1.29, 1.82) is 0 Å². The van der Waals surface area contributed by atoms with Gasteiger partial charge < -0.3 is 10.6 Å². The highest BCUT2D eigenvalue weighted by Gasteiger charge is 2.30. The fourth-order valence-electron chi connectivity index (χ4n) is 2.35. The number of hydrogen-bond acceptors (Lipinski definition) is 2. The van der Waals surface area contributed by atoms with E-state index in [0.29, 0.717) is 12.1 Å². The van der Waals surface area contributed by atoms with Gasteiger partial charge in [-0.15, -0.1) is 0 Å². The molecule has 84 valence electrons. The quantitative estimate of drug-likeness (QED) is 0.722. The van der Waals surface area contributed by atoms with Crippen molar-refractivity contribution in [2.75, 3.05) is 13.1 Å². The van der Waals surface area contributed by atoms with Gasteiger partial charge in [0, 0.05) is 25.2 Å². The molecule has 0 aromatic carbocycles. The number of hydrogen-bond donors (Lipinski definition) is 2. The van der Waals surface area contributed by atoms with Crippen molar-refractivity contribution in [1.82, 2.24) is 10.6 Å². The minimum atomic E-state index is 0.670. The molecule has 0 radical (unpaired) electrons. The van der Waals surface area contributed by atoms with Crippen LogP contribution in [0.1, 0.15) is 40.5 Å². The van der Waals surface area contributed by atoms with Crippen molar-refractivity contribution < 1.29 is 0 Å². The van der Waals surface area contributed by atoms with Gasteiger partial charge in [-0.05, 0) is 11.8 Å². The van der Waals surface area contributed by atoms with E-state index in [0.717, 1.165) is 24.9 Å². The predicted octanol–water partition coefficient (Wildman–Crippen LogP) is 2.01. The smallest absolute Gasteiger partial charge is 0.0249 e. The van der Waals surface area contributed by atoms with E-state index in [4.69, 9.17) is 0 Å². The SMILES string of the molecule is CCC(C)C1NCCNC1C(C)CC. The van der Waals surface area contributed by atoms with Crippen LogP contribution in [0.25, 0.3) is 0 Å². The molecule has 2 N–H and O–H groups in total. The van der Waals surface area contributed by atoms with E-state index in [1.165, 1.54) is 12.8 Å². The zero-order chi connectivity index (χ0) is 10.6. The highest BCUT2D eigenvalue weighted by Crippen LogP contribution is 2.20. The normalized spacial score (nSPS) is 32.6. The lowest BCUT2D eigenvalue weighted by Crippen LogP contribution is -2.60. The second kappa shape index (κ2) is 5.72. The number of piperazine rings is 1. The van der Waals surface area contributed by atoms with E-state index in [1.54, 1.807) is 0 Å². The van der Waals surface area contributed by atoms with Crippen LogP contribution in [0, 0.1) is 11.8 Å². The van der Waals surface area contributed by atoms with E-state index in [-0.39, 0.29) is 0 Å². The lowest BCUT2D eigenvalue weighted by molar-refractivity contribution is 0.197. The zero-order valence-corrected chi connectivity index (χ0v) is 10.1. The van der Waals surface area contributed by atoms with Crippen LogP contribution in [0.5, 0.6) is 0 Å². The summed E-state index contributed by atoms with van der Waals surface area (Å²) in [4.78, 5) is 0. The molecule has 14 heavy (non-hydrogen) atoms. The van der Waals surface area contributed by atoms with Gasteiger partial charge in [0.1, 0.15) is 0 Å². The third-order valence-corrected chi connectivity index (χ3v) is 3.79. The Balaban J connectivity index is 2.58. The van der Waals surface area contributed by atoms with Gasteiger partial charge in [0.05, 0.1) is 0 Å². The number of nitrogens with one attached hydrogen (secondary N) is 2. The summed E-state index contributed by atoms with van der Waals surface area (Å²) in [6, 6.07) is 1.34. The van der Waals surface area contributed by atoms with Crippen molar-refractivity contribution in [3.05, 3.63) is 0 Å². The first-order valence-corrected chi connectivity index (χ1v) is 6.17. The molecular formula is C12H26N2. The van der Waals surface area contributed by atoms with Crippen LogP contribution in [0.4, 0.5) is 0 Å². The zero-order valence-electron chi connectivity index (χ0n) is 10.1. The second-order valence-electron chi connectivity index (χ2n) is 4.73. The monoisotopic (exact) mass is 198 g/mol. The van der Waals surface area contributed by atoms with Gasteiger partial charge in [-0.1, -0.05) is 40.5 Å². The van der Waals surface area contributed by atoms with Crippen LogP contribution in [0.3, 0.4) is 0 Å². The van der Waals surface area contributed by atoms with E-state index in [1.807, 2.05) is 0 Å². The van der Waals surface area contributed by atoms with Crippen LogP contribution in [-0.4, -0.2) is 25.2 Å². The van der Waals surface area contributed by atoms with Crippen molar-refractivity contribution >= 4 is 0 Å². The molecule has 0 bridgehead atoms. The maximum absolute atomic E-state index is 3.67. The van der Waals surface area contributed by atoms with Crippen LogP contribution in [0.2, 0.25) is 0 Å². The summed E-state index contributed by atoms with van der Waals surface area (Å²) in [5, 5.41) is 7.35. The summed E-state index contributed by atoms with van der Waals surface area (Å²) in [5.41, 5.74) is 0. The van der Waals surface area contributed by atoms with Gasteiger partial charge in [-0.2, -0.15) is 0 Å². The van der Waals surface area contributed by atoms with Crippen molar-refractivity contribution in [3.8, 4) is 0 Å². The molecule has 0 saturated carbocycles. The van der Waals surface area contributed by atoms with Crippen LogP contribution in [-0.2, 0) is 0 Å². The Morgan fingerprint density at radius 3 is 1.57 bits per heavy atom. The molecule has 0 aromatic rings. The molecule has 2 nitrogen and oxygen atoms in total. The molecule has 0 aliphatic carbocycles. The average Bonchev–Trinajstić information content (AvgIpc) is 2.27. The van der Waals surface area contributed by atoms with Crippen LogP contribution >= 0.6 is 0 Å². The maximum atomic E-state index is 3.67. The van der Waals surface area contributed by atoms with E-state index >= 15 is 0 Å². The van der Waals surface area contributed by atoms with Gasteiger partial charge >= 0.3 is 0 Å². The first kappa shape index (κ1) is 12.0. The van der Waals surface area contributed by atoms with Gasteiger partial charge in [-0.25, -0.2) is 0 Å². The maximum Gasteiger partial charge on any atom is 0.0249 e. The third kappa shape index (κ3) is 2.71. The largest absolute Gasteiger partial charge is 0.311 e. The summed E-state index contributed by atoms with van der Waals surface area (Å²) < 4.78 is 0. The van der Waals surface area contributed by atoms with Crippen molar-refractivity contribution in [2.45, 2.75) is 52.6 Å². The summed E-state index contributed by atoms with van der Waals surface area (Å²) in [5.74, 6) is 1.56. The summed E-state index contributed by atoms with van der Waals surface area (Å²) >= 11 is 0. The molecule has 0 amide bonds. The molecule has 1 aliphatic heterocycles. The molecule has 4 unspecified atom stereocenters. The first-order valence-electron chi connectivity index (χ1n) is 6.17. The molecule has 1 rings (SSSR count). The van der Waals surface area contributed by atoms with E-state index in [2.05, 4.69) is 38.3 Å². The fourth-order valence-corrected chi connectivity index (χ4v) is 2.35. The summed E-state index contributed by atoms with van der Waals surface area (Å²) in [6.07, 6.45) is 2.54. The molecule has 2 heteroatoms. The molecular weight excluding hydrogens is 172 g/mol. The summed E-state index contributed by atoms with van der Waals surface area (Å²) in [6.45, 7) is 11.5. The molecule has 0 spiro atoms. The lowest BCUT2D eigenvalue weighted by Gasteiger charge is -2.40. The Kier molecular flexibility index (Phi) is 4.90. The topological polar surface area (TPSA) is 24.1 Å². The first-order chi connectivity index (χ1) is 6.70. The third-order valence-electron chi connectivity index (χ3n) is 3.79. The highest BCUT2D eigenvalue weighted by molar-refractivity contribution is 4.92. The predicted molar refractivity (Wildman–Crippen MR) is 62.5 cm³/mol. The molecule has 4 atom stereocenters. The second-order valence-corrected chi connectivity index (χ2v) is 4.73. The molecule has 1 aliphatic rings. The van der Waals surface area contributed by atoms with E-state index < -0.39 is 0 Å².